The number of hydrogen-bond acceptors (Lipinski definition) is 6. The summed E-state index contributed by atoms with van der Waals surface area (Å²) in [5, 5.41) is 0. The van der Waals surface area contributed by atoms with Crippen molar-refractivity contribution in [1.82, 2.24) is 19.6 Å². The molecule has 0 radical (unpaired) electrons. The predicted molar refractivity (Wildman–Crippen MR) is 154 cm³/mol. The SMILES string of the molecule is CC(C)C[C@@H](C(=O)N1CCN(C(=O)[C@H](CC(C)C)N2C(=O)c3ccccc3C2=O)CC1)N1C(=O)c2ccccc2C1=O. The molecule has 2 aromatic rings. The summed E-state index contributed by atoms with van der Waals surface area (Å²) in [4.78, 5) is 85.8. The molecule has 42 heavy (non-hydrogen) atoms. The highest BCUT2D eigenvalue weighted by atomic mass is 16.2. The molecule has 0 saturated carbocycles. The molecule has 0 aliphatic carbocycles. The average molecular weight is 573 g/mol. The lowest BCUT2D eigenvalue weighted by Gasteiger charge is -2.40. The van der Waals surface area contributed by atoms with Crippen LogP contribution in [0.4, 0.5) is 0 Å². The number of imide groups is 2. The van der Waals surface area contributed by atoms with Gasteiger partial charge in [-0.3, -0.25) is 38.6 Å². The Bertz CT molecular complexity index is 1280. The number of hydrogen-bond donors (Lipinski definition) is 0. The lowest BCUT2D eigenvalue weighted by molar-refractivity contribution is -0.144. The molecule has 3 heterocycles. The van der Waals surface area contributed by atoms with E-state index in [9.17, 15) is 28.8 Å². The maximum atomic E-state index is 13.8. The summed E-state index contributed by atoms with van der Waals surface area (Å²) in [6.45, 7) is 8.56. The van der Waals surface area contributed by atoms with E-state index in [4.69, 9.17) is 0 Å². The van der Waals surface area contributed by atoms with Crippen LogP contribution in [0, 0.1) is 11.8 Å². The Morgan fingerprint density at radius 2 is 0.810 bits per heavy atom. The standard InChI is InChI=1S/C32H36N4O6/c1-19(2)17-25(35-27(37)21-9-5-6-10-22(21)28(35)38)31(41)33-13-15-34(16-14-33)32(42)26(18-20(3)4)36-29(39)23-11-7-8-12-24(23)30(36)40/h5-12,19-20,25-26H,13-18H2,1-4H3/t25-,26-/m0/s1. The van der Waals surface area contributed by atoms with Gasteiger partial charge in [-0.05, 0) is 48.9 Å². The van der Waals surface area contributed by atoms with Crippen LogP contribution in [0.15, 0.2) is 48.5 Å². The van der Waals surface area contributed by atoms with Crippen LogP contribution in [-0.4, -0.2) is 93.3 Å². The van der Waals surface area contributed by atoms with Crippen molar-refractivity contribution in [2.24, 2.45) is 11.8 Å². The van der Waals surface area contributed by atoms with Crippen LogP contribution in [-0.2, 0) is 9.59 Å². The molecule has 3 aliphatic heterocycles. The summed E-state index contributed by atoms with van der Waals surface area (Å²) in [6.07, 6.45) is 0.638. The molecule has 10 heteroatoms. The molecule has 10 nitrogen and oxygen atoms in total. The minimum absolute atomic E-state index is 0.0441. The fourth-order valence-electron chi connectivity index (χ4n) is 6.08. The molecule has 2 atom stereocenters. The number of rotatable bonds is 8. The fourth-order valence-corrected chi connectivity index (χ4v) is 6.08. The molecular weight excluding hydrogens is 536 g/mol. The topological polar surface area (TPSA) is 115 Å². The number of amides is 6. The number of benzene rings is 2. The Hall–Kier alpha value is -4.34. The number of piperazine rings is 1. The van der Waals surface area contributed by atoms with Crippen molar-refractivity contribution in [3.05, 3.63) is 70.8 Å². The van der Waals surface area contributed by atoms with Crippen molar-refractivity contribution in [1.29, 1.82) is 0 Å². The lowest BCUT2D eigenvalue weighted by Crippen LogP contribution is -2.59. The maximum absolute atomic E-state index is 13.8. The van der Waals surface area contributed by atoms with Crippen LogP contribution in [0.2, 0.25) is 0 Å². The van der Waals surface area contributed by atoms with Gasteiger partial charge in [-0.1, -0.05) is 52.0 Å². The van der Waals surface area contributed by atoms with E-state index in [1.54, 1.807) is 58.3 Å². The highest BCUT2D eigenvalue weighted by Gasteiger charge is 2.46. The molecule has 1 fully saturated rings. The summed E-state index contributed by atoms with van der Waals surface area (Å²) in [7, 11) is 0. The van der Waals surface area contributed by atoms with Gasteiger partial charge in [0.2, 0.25) is 11.8 Å². The Labute approximate surface area is 245 Å². The molecule has 0 N–H and O–H groups in total. The molecule has 0 bridgehead atoms. The van der Waals surface area contributed by atoms with Crippen LogP contribution in [0.5, 0.6) is 0 Å². The molecule has 0 unspecified atom stereocenters. The Morgan fingerprint density at radius 3 is 1.05 bits per heavy atom. The van der Waals surface area contributed by atoms with Crippen molar-refractivity contribution in [3.63, 3.8) is 0 Å². The molecule has 3 aliphatic rings. The third-order valence-corrected chi connectivity index (χ3v) is 8.14. The van der Waals surface area contributed by atoms with Gasteiger partial charge in [0.05, 0.1) is 22.3 Å². The Kier molecular flexibility index (Phi) is 7.99. The zero-order valence-electron chi connectivity index (χ0n) is 24.4. The van der Waals surface area contributed by atoms with E-state index >= 15 is 0 Å². The van der Waals surface area contributed by atoms with Gasteiger partial charge in [0, 0.05) is 26.2 Å². The number of carbonyl (C=O) groups is 6. The smallest absolute Gasteiger partial charge is 0.262 e. The molecule has 1 saturated heterocycles. The van der Waals surface area contributed by atoms with Gasteiger partial charge in [0.1, 0.15) is 12.1 Å². The van der Waals surface area contributed by atoms with E-state index < -0.39 is 35.7 Å². The van der Waals surface area contributed by atoms with E-state index in [0.717, 1.165) is 9.80 Å². The van der Waals surface area contributed by atoms with Crippen LogP contribution in [0.25, 0.3) is 0 Å². The molecule has 220 valence electrons. The van der Waals surface area contributed by atoms with E-state index in [2.05, 4.69) is 0 Å². The highest BCUT2D eigenvalue weighted by Crippen LogP contribution is 2.30. The van der Waals surface area contributed by atoms with Crippen molar-refractivity contribution in [2.45, 2.75) is 52.6 Å². The monoisotopic (exact) mass is 572 g/mol. The second-order valence-corrected chi connectivity index (χ2v) is 12.0. The van der Waals surface area contributed by atoms with Crippen LogP contribution >= 0.6 is 0 Å². The van der Waals surface area contributed by atoms with Gasteiger partial charge >= 0.3 is 0 Å². The number of fused-ring (bicyclic) bond motifs is 2. The summed E-state index contributed by atoms with van der Waals surface area (Å²) in [5.41, 5.74) is 1.18. The summed E-state index contributed by atoms with van der Waals surface area (Å²) < 4.78 is 0. The zero-order chi connectivity index (χ0) is 30.3. The third kappa shape index (κ3) is 5.10. The number of carbonyl (C=O) groups excluding carboxylic acids is 6. The quantitative estimate of drug-likeness (QED) is 0.449. The van der Waals surface area contributed by atoms with Gasteiger partial charge in [-0.15, -0.1) is 0 Å². The molecule has 0 spiro atoms. The van der Waals surface area contributed by atoms with Gasteiger partial charge in [0.15, 0.2) is 0 Å². The first-order chi connectivity index (χ1) is 20.0. The average Bonchev–Trinajstić information content (AvgIpc) is 3.38. The molecule has 5 rings (SSSR count). The molecular formula is C32H36N4O6. The van der Waals surface area contributed by atoms with E-state index in [0.29, 0.717) is 35.1 Å². The summed E-state index contributed by atoms with van der Waals surface area (Å²) in [6, 6.07) is 11.2. The summed E-state index contributed by atoms with van der Waals surface area (Å²) in [5.74, 6) is -2.46. The van der Waals surface area contributed by atoms with Gasteiger partial charge < -0.3 is 9.80 Å². The molecule has 0 aromatic heterocycles. The second-order valence-electron chi connectivity index (χ2n) is 12.0. The Balaban J connectivity index is 1.31. The molecule has 6 amide bonds. The normalized spacial score (nSPS) is 18.2. The zero-order valence-corrected chi connectivity index (χ0v) is 24.4. The second kappa shape index (κ2) is 11.5. The lowest BCUT2D eigenvalue weighted by atomic mass is 9.99. The first-order valence-electron chi connectivity index (χ1n) is 14.5. The van der Waals surface area contributed by atoms with Crippen molar-refractivity contribution < 1.29 is 28.8 Å². The third-order valence-electron chi connectivity index (χ3n) is 8.14. The minimum atomic E-state index is -0.952. The predicted octanol–water partition coefficient (Wildman–Crippen LogP) is 3.08. The van der Waals surface area contributed by atoms with E-state index in [1.165, 1.54) is 0 Å². The van der Waals surface area contributed by atoms with Crippen LogP contribution in [0.3, 0.4) is 0 Å². The van der Waals surface area contributed by atoms with E-state index in [-0.39, 0.29) is 49.8 Å². The minimum Gasteiger partial charge on any atom is -0.337 e. The largest absolute Gasteiger partial charge is 0.337 e. The van der Waals surface area contributed by atoms with Crippen molar-refractivity contribution >= 4 is 35.4 Å². The maximum Gasteiger partial charge on any atom is 0.262 e. The van der Waals surface area contributed by atoms with E-state index in [1.807, 2.05) is 27.7 Å². The summed E-state index contributed by atoms with van der Waals surface area (Å²) >= 11 is 0. The highest BCUT2D eigenvalue weighted by molar-refractivity contribution is 6.23. The first kappa shape index (κ1) is 29.2. The van der Waals surface area contributed by atoms with Crippen molar-refractivity contribution in [2.75, 3.05) is 26.2 Å². The van der Waals surface area contributed by atoms with Crippen LogP contribution < -0.4 is 0 Å². The molecule has 2 aromatic carbocycles. The number of nitrogens with zero attached hydrogens (tertiary/aromatic N) is 4. The van der Waals surface area contributed by atoms with Gasteiger partial charge in [0.25, 0.3) is 23.6 Å². The van der Waals surface area contributed by atoms with Crippen molar-refractivity contribution in [3.8, 4) is 0 Å². The Morgan fingerprint density at radius 1 is 0.548 bits per heavy atom. The van der Waals surface area contributed by atoms with Crippen LogP contribution in [0.1, 0.15) is 82.0 Å². The fraction of sp³-hybridized carbons (Fsp3) is 0.438. The van der Waals surface area contributed by atoms with Gasteiger partial charge in [-0.2, -0.15) is 0 Å². The first-order valence-corrected chi connectivity index (χ1v) is 14.5. The van der Waals surface area contributed by atoms with Gasteiger partial charge in [-0.25, -0.2) is 0 Å².